The van der Waals surface area contributed by atoms with Crippen molar-refractivity contribution in [3.05, 3.63) is 35.9 Å². The van der Waals surface area contributed by atoms with E-state index < -0.39 is 23.6 Å². The minimum Gasteiger partial charge on any atom is -0.460 e. The molecule has 0 N–H and O–H groups in total. The second-order valence-electron chi connectivity index (χ2n) is 5.53. The molecule has 1 aliphatic rings. The second kappa shape index (κ2) is 5.45. The molecular formula is C15H17NO4. The summed E-state index contributed by atoms with van der Waals surface area (Å²) in [4.78, 5) is 27.6. The molecule has 0 aliphatic carbocycles. The number of hydrogen-bond acceptors (Lipinski definition) is 5. The summed E-state index contributed by atoms with van der Waals surface area (Å²) in [6.07, 6.45) is -0.105. The molecule has 1 heterocycles. The van der Waals surface area contributed by atoms with Crippen molar-refractivity contribution in [2.75, 3.05) is 0 Å². The summed E-state index contributed by atoms with van der Waals surface area (Å²) in [6, 6.07) is 8.28. The van der Waals surface area contributed by atoms with Crippen molar-refractivity contribution >= 4 is 17.8 Å². The van der Waals surface area contributed by atoms with Crippen molar-refractivity contribution in [3.63, 3.8) is 0 Å². The average Bonchev–Trinajstić information content (AvgIpc) is 2.70. The molecule has 0 amide bonds. The maximum atomic E-state index is 11.7. The number of nitrogens with zero attached hydrogens (tertiary/aromatic N) is 1. The summed E-state index contributed by atoms with van der Waals surface area (Å²) in [6.45, 7) is 5.32. The Hall–Kier alpha value is -2.17. The van der Waals surface area contributed by atoms with Gasteiger partial charge >= 0.3 is 11.9 Å². The Labute approximate surface area is 117 Å². The fraction of sp³-hybridized carbons (Fsp3) is 0.400. The Morgan fingerprint density at radius 1 is 1.30 bits per heavy atom. The molecule has 0 aromatic heterocycles. The van der Waals surface area contributed by atoms with E-state index in [1.165, 1.54) is 0 Å². The van der Waals surface area contributed by atoms with E-state index >= 15 is 0 Å². The van der Waals surface area contributed by atoms with E-state index in [2.05, 4.69) is 4.99 Å². The lowest BCUT2D eigenvalue weighted by Gasteiger charge is -2.19. The minimum atomic E-state index is -0.819. The van der Waals surface area contributed by atoms with Gasteiger partial charge in [0.15, 0.2) is 6.04 Å². The van der Waals surface area contributed by atoms with Crippen LogP contribution in [0.2, 0.25) is 0 Å². The van der Waals surface area contributed by atoms with Crippen molar-refractivity contribution in [2.24, 2.45) is 4.99 Å². The van der Waals surface area contributed by atoms with Crippen LogP contribution >= 0.6 is 0 Å². The number of cyclic esters (lactones) is 1. The van der Waals surface area contributed by atoms with Crippen LogP contribution in [-0.4, -0.2) is 29.5 Å². The number of carbonyl (C=O) groups is 2. The molecule has 20 heavy (non-hydrogen) atoms. The molecule has 106 valence electrons. The summed E-state index contributed by atoms with van der Waals surface area (Å²) in [7, 11) is 0. The van der Waals surface area contributed by atoms with E-state index in [9.17, 15) is 9.59 Å². The van der Waals surface area contributed by atoms with Gasteiger partial charge in [-0.15, -0.1) is 0 Å². The average molecular weight is 275 g/mol. The SMILES string of the molecule is CC(C)(C)OC(=O)C[C@@H]1N=C(c2ccccc2)OC1=O. The van der Waals surface area contributed by atoms with Crippen LogP contribution in [-0.2, 0) is 19.1 Å². The van der Waals surface area contributed by atoms with Gasteiger partial charge in [0.1, 0.15) is 5.60 Å². The Balaban J connectivity index is 2.05. The third-order valence-electron chi connectivity index (χ3n) is 2.54. The molecule has 0 bridgehead atoms. The van der Waals surface area contributed by atoms with Gasteiger partial charge in [-0.3, -0.25) is 4.79 Å². The summed E-state index contributed by atoms with van der Waals surface area (Å²) < 4.78 is 10.3. The van der Waals surface area contributed by atoms with E-state index in [-0.39, 0.29) is 12.3 Å². The van der Waals surface area contributed by atoms with Crippen LogP contribution in [0.5, 0.6) is 0 Å². The van der Waals surface area contributed by atoms with Gasteiger partial charge in [0, 0.05) is 5.56 Å². The molecule has 0 spiro atoms. The first-order valence-corrected chi connectivity index (χ1v) is 6.42. The van der Waals surface area contributed by atoms with Gasteiger partial charge < -0.3 is 9.47 Å². The van der Waals surface area contributed by atoms with Crippen LogP contribution in [0.4, 0.5) is 0 Å². The summed E-state index contributed by atoms with van der Waals surface area (Å²) in [5.74, 6) is -0.726. The molecule has 5 heteroatoms. The Kier molecular flexibility index (Phi) is 3.88. The third-order valence-corrected chi connectivity index (χ3v) is 2.54. The van der Waals surface area contributed by atoms with Crippen molar-refractivity contribution < 1.29 is 19.1 Å². The second-order valence-corrected chi connectivity index (χ2v) is 5.53. The highest BCUT2D eigenvalue weighted by Gasteiger charge is 2.33. The normalized spacial score (nSPS) is 18.4. The van der Waals surface area contributed by atoms with Gasteiger partial charge in [-0.25, -0.2) is 9.79 Å². The van der Waals surface area contributed by atoms with Gasteiger partial charge in [0.2, 0.25) is 5.90 Å². The van der Waals surface area contributed by atoms with E-state index in [1.54, 1.807) is 32.9 Å². The Morgan fingerprint density at radius 2 is 1.95 bits per heavy atom. The molecule has 1 atom stereocenters. The number of esters is 2. The number of aliphatic imine (C=N–C) groups is 1. The highest BCUT2D eigenvalue weighted by molar-refractivity contribution is 6.06. The molecule has 5 nitrogen and oxygen atoms in total. The van der Waals surface area contributed by atoms with Crippen LogP contribution in [0.25, 0.3) is 0 Å². The van der Waals surface area contributed by atoms with E-state index in [0.717, 1.165) is 0 Å². The first-order valence-electron chi connectivity index (χ1n) is 6.42. The molecule has 2 rings (SSSR count). The van der Waals surface area contributed by atoms with Crippen LogP contribution in [0.15, 0.2) is 35.3 Å². The number of benzene rings is 1. The highest BCUT2D eigenvalue weighted by Crippen LogP contribution is 2.17. The van der Waals surface area contributed by atoms with Crippen molar-refractivity contribution in [2.45, 2.75) is 38.8 Å². The van der Waals surface area contributed by atoms with Gasteiger partial charge in [-0.1, -0.05) is 18.2 Å². The molecular weight excluding hydrogens is 258 g/mol. The molecule has 0 unspecified atom stereocenters. The topological polar surface area (TPSA) is 65.0 Å². The highest BCUT2D eigenvalue weighted by atomic mass is 16.6. The van der Waals surface area contributed by atoms with E-state index in [1.807, 2.05) is 18.2 Å². The predicted octanol–water partition coefficient (Wildman–Crippen LogP) is 2.09. The van der Waals surface area contributed by atoms with Crippen LogP contribution in [0, 0.1) is 0 Å². The van der Waals surface area contributed by atoms with E-state index in [4.69, 9.17) is 9.47 Å². The standard InChI is InChI=1S/C15H17NO4/c1-15(2,3)20-12(17)9-11-14(18)19-13(16-11)10-7-5-4-6-8-10/h4-8,11H,9H2,1-3H3/t11-/m0/s1. The van der Waals surface area contributed by atoms with Crippen LogP contribution in [0.3, 0.4) is 0 Å². The molecule has 1 aromatic rings. The first kappa shape index (κ1) is 14.2. The van der Waals surface area contributed by atoms with Gasteiger partial charge in [0.05, 0.1) is 6.42 Å². The van der Waals surface area contributed by atoms with Crippen molar-refractivity contribution in [1.82, 2.24) is 0 Å². The number of hydrogen-bond donors (Lipinski definition) is 0. The third kappa shape index (κ3) is 3.66. The summed E-state index contributed by atoms with van der Waals surface area (Å²) in [5, 5.41) is 0. The molecule has 0 radical (unpaired) electrons. The molecule has 0 fully saturated rings. The van der Waals surface area contributed by atoms with Gasteiger partial charge in [-0.05, 0) is 32.9 Å². The quantitative estimate of drug-likeness (QED) is 0.792. The summed E-state index contributed by atoms with van der Waals surface area (Å²) >= 11 is 0. The van der Waals surface area contributed by atoms with Crippen molar-refractivity contribution in [3.8, 4) is 0 Å². The molecule has 0 saturated carbocycles. The fourth-order valence-electron chi connectivity index (χ4n) is 1.77. The monoisotopic (exact) mass is 275 g/mol. The number of rotatable bonds is 3. The molecule has 0 saturated heterocycles. The largest absolute Gasteiger partial charge is 0.460 e. The lowest BCUT2D eigenvalue weighted by atomic mass is 10.2. The Bertz CT molecular complexity index is 543. The lowest BCUT2D eigenvalue weighted by Crippen LogP contribution is -2.27. The maximum absolute atomic E-state index is 11.7. The van der Waals surface area contributed by atoms with E-state index in [0.29, 0.717) is 5.56 Å². The van der Waals surface area contributed by atoms with Gasteiger partial charge in [0.25, 0.3) is 0 Å². The molecule has 1 aliphatic heterocycles. The summed E-state index contributed by atoms with van der Waals surface area (Å²) in [5.41, 5.74) is 0.138. The number of carbonyl (C=O) groups excluding carboxylic acids is 2. The van der Waals surface area contributed by atoms with Crippen molar-refractivity contribution in [1.29, 1.82) is 0 Å². The lowest BCUT2D eigenvalue weighted by molar-refractivity contribution is -0.157. The zero-order valence-electron chi connectivity index (χ0n) is 11.8. The zero-order valence-corrected chi connectivity index (χ0v) is 11.8. The fourth-order valence-corrected chi connectivity index (χ4v) is 1.77. The smallest absolute Gasteiger partial charge is 0.338 e. The molecule has 1 aromatic carbocycles. The number of ether oxygens (including phenoxy) is 2. The van der Waals surface area contributed by atoms with Crippen LogP contribution < -0.4 is 0 Å². The zero-order chi connectivity index (χ0) is 14.8. The minimum absolute atomic E-state index is 0.105. The van der Waals surface area contributed by atoms with Gasteiger partial charge in [-0.2, -0.15) is 0 Å². The maximum Gasteiger partial charge on any atom is 0.338 e. The predicted molar refractivity (Wildman–Crippen MR) is 73.3 cm³/mol. The Morgan fingerprint density at radius 3 is 2.55 bits per heavy atom. The van der Waals surface area contributed by atoms with Crippen LogP contribution in [0.1, 0.15) is 32.8 Å². The first-order chi connectivity index (χ1) is 9.35.